The van der Waals surface area contributed by atoms with Crippen LogP contribution in [-0.2, 0) is 11.8 Å². The van der Waals surface area contributed by atoms with Crippen LogP contribution in [0.3, 0.4) is 0 Å². The van der Waals surface area contributed by atoms with E-state index >= 15 is 0 Å². The molecule has 0 aliphatic heterocycles. The number of hydrogen-bond donors (Lipinski definition) is 1. The SMILES string of the molecule is CCCCCCCC(=O)Nc1nccc2c1ncn2C. The Kier molecular flexibility index (Phi) is 5.09. The minimum atomic E-state index is 0.0205. The fraction of sp³-hybridized carbons (Fsp3) is 0.533. The quantitative estimate of drug-likeness (QED) is 0.788. The van der Waals surface area contributed by atoms with Crippen LogP contribution in [0.4, 0.5) is 5.82 Å². The Morgan fingerprint density at radius 3 is 2.85 bits per heavy atom. The van der Waals surface area contributed by atoms with Crippen LogP contribution in [-0.4, -0.2) is 20.4 Å². The van der Waals surface area contributed by atoms with E-state index in [1.807, 2.05) is 17.7 Å². The average Bonchev–Trinajstić information content (AvgIpc) is 2.82. The first kappa shape index (κ1) is 14.5. The Morgan fingerprint density at radius 1 is 1.25 bits per heavy atom. The third-order valence-corrected chi connectivity index (χ3v) is 3.41. The first-order valence-corrected chi connectivity index (χ1v) is 7.28. The zero-order chi connectivity index (χ0) is 14.4. The largest absolute Gasteiger partial charge is 0.334 e. The van der Waals surface area contributed by atoms with E-state index in [9.17, 15) is 4.79 Å². The summed E-state index contributed by atoms with van der Waals surface area (Å²) in [5.41, 5.74) is 1.72. The van der Waals surface area contributed by atoms with Gasteiger partial charge in [-0.05, 0) is 12.5 Å². The highest BCUT2D eigenvalue weighted by atomic mass is 16.1. The summed E-state index contributed by atoms with van der Waals surface area (Å²) in [5, 5.41) is 2.86. The number of fused-ring (bicyclic) bond motifs is 1. The van der Waals surface area contributed by atoms with Crippen molar-refractivity contribution in [1.82, 2.24) is 14.5 Å². The Bertz CT molecular complexity index is 576. The summed E-state index contributed by atoms with van der Waals surface area (Å²) in [5.74, 6) is 0.578. The highest BCUT2D eigenvalue weighted by Crippen LogP contribution is 2.18. The van der Waals surface area contributed by atoms with E-state index in [2.05, 4.69) is 22.2 Å². The molecule has 20 heavy (non-hydrogen) atoms. The Balaban J connectivity index is 1.90. The second-order valence-electron chi connectivity index (χ2n) is 5.10. The predicted molar refractivity (Wildman–Crippen MR) is 80.5 cm³/mol. The third-order valence-electron chi connectivity index (χ3n) is 3.41. The van der Waals surface area contributed by atoms with Crippen molar-refractivity contribution in [2.45, 2.75) is 45.4 Å². The number of imidazole rings is 1. The van der Waals surface area contributed by atoms with Crippen molar-refractivity contribution in [2.75, 3.05) is 5.32 Å². The Labute approximate surface area is 119 Å². The summed E-state index contributed by atoms with van der Waals surface area (Å²) in [4.78, 5) is 20.4. The fourth-order valence-electron chi connectivity index (χ4n) is 2.24. The molecule has 2 aromatic heterocycles. The van der Waals surface area contributed by atoms with Gasteiger partial charge in [0, 0.05) is 19.7 Å². The zero-order valence-corrected chi connectivity index (χ0v) is 12.2. The predicted octanol–water partition coefficient (Wildman–Crippen LogP) is 3.27. The van der Waals surface area contributed by atoms with Crippen LogP contribution in [0.2, 0.25) is 0 Å². The van der Waals surface area contributed by atoms with Crippen LogP contribution in [0.1, 0.15) is 45.4 Å². The molecule has 108 valence electrons. The van der Waals surface area contributed by atoms with Crippen LogP contribution in [0.5, 0.6) is 0 Å². The number of nitrogens with zero attached hydrogens (tertiary/aromatic N) is 3. The van der Waals surface area contributed by atoms with Gasteiger partial charge in [0.1, 0.15) is 5.52 Å². The van der Waals surface area contributed by atoms with E-state index < -0.39 is 0 Å². The molecule has 1 amide bonds. The normalized spacial score (nSPS) is 10.9. The molecule has 0 spiro atoms. The number of nitrogens with one attached hydrogen (secondary N) is 1. The first-order chi connectivity index (χ1) is 9.72. The van der Waals surface area contributed by atoms with Crippen LogP contribution in [0, 0.1) is 0 Å². The molecule has 0 saturated heterocycles. The van der Waals surface area contributed by atoms with Gasteiger partial charge >= 0.3 is 0 Å². The highest BCUT2D eigenvalue weighted by Gasteiger charge is 2.09. The molecule has 0 radical (unpaired) electrons. The monoisotopic (exact) mass is 274 g/mol. The number of hydrogen-bond acceptors (Lipinski definition) is 3. The second kappa shape index (κ2) is 7.03. The number of pyridine rings is 1. The summed E-state index contributed by atoms with van der Waals surface area (Å²) in [6.45, 7) is 2.19. The number of anilines is 1. The molecule has 0 unspecified atom stereocenters. The maximum Gasteiger partial charge on any atom is 0.225 e. The minimum Gasteiger partial charge on any atom is -0.334 e. The molecule has 2 heterocycles. The molecular formula is C15H22N4O. The van der Waals surface area contributed by atoms with Gasteiger partial charge in [-0.15, -0.1) is 0 Å². The van der Waals surface area contributed by atoms with Crippen molar-refractivity contribution >= 4 is 22.8 Å². The number of rotatable bonds is 7. The summed E-state index contributed by atoms with van der Waals surface area (Å²) in [6, 6.07) is 1.89. The van der Waals surface area contributed by atoms with Crippen molar-refractivity contribution in [3.8, 4) is 0 Å². The molecule has 5 heteroatoms. The van der Waals surface area contributed by atoms with E-state index in [4.69, 9.17) is 0 Å². The molecule has 0 atom stereocenters. The van der Waals surface area contributed by atoms with Gasteiger partial charge in [-0.25, -0.2) is 9.97 Å². The second-order valence-corrected chi connectivity index (χ2v) is 5.10. The smallest absolute Gasteiger partial charge is 0.225 e. The number of carbonyl (C=O) groups is 1. The van der Waals surface area contributed by atoms with Crippen molar-refractivity contribution in [3.63, 3.8) is 0 Å². The van der Waals surface area contributed by atoms with Crippen LogP contribution in [0.25, 0.3) is 11.0 Å². The lowest BCUT2D eigenvalue weighted by atomic mass is 10.1. The third kappa shape index (κ3) is 3.56. The highest BCUT2D eigenvalue weighted by molar-refractivity contribution is 5.97. The van der Waals surface area contributed by atoms with Gasteiger partial charge in [-0.3, -0.25) is 4.79 Å². The van der Waals surface area contributed by atoms with Gasteiger partial charge in [0.15, 0.2) is 5.82 Å². The van der Waals surface area contributed by atoms with Crippen molar-refractivity contribution in [3.05, 3.63) is 18.6 Å². The zero-order valence-electron chi connectivity index (χ0n) is 12.2. The molecule has 2 aromatic rings. The Hall–Kier alpha value is -1.91. The van der Waals surface area contributed by atoms with Gasteiger partial charge in [0.05, 0.1) is 11.8 Å². The number of amides is 1. The van der Waals surface area contributed by atoms with Crippen LogP contribution >= 0.6 is 0 Å². The van der Waals surface area contributed by atoms with E-state index in [1.54, 1.807) is 12.5 Å². The molecule has 5 nitrogen and oxygen atoms in total. The molecule has 2 rings (SSSR count). The summed E-state index contributed by atoms with van der Waals surface area (Å²) in [6.07, 6.45) is 9.70. The van der Waals surface area contributed by atoms with Gasteiger partial charge in [-0.1, -0.05) is 32.6 Å². The summed E-state index contributed by atoms with van der Waals surface area (Å²) < 4.78 is 1.91. The van der Waals surface area contributed by atoms with Gasteiger partial charge in [-0.2, -0.15) is 0 Å². The van der Waals surface area contributed by atoms with E-state index in [1.165, 1.54) is 19.3 Å². The topological polar surface area (TPSA) is 59.8 Å². The van der Waals surface area contributed by atoms with Crippen molar-refractivity contribution < 1.29 is 4.79 Å². The van der Waals surface area contributed by atoms with E-state index in [0.29, 0.717) is 12.2 Å². The average molecular weight is 274 g/mol. The molecule has 1 N–H and O–H groups in total. The van der Waals surface area contributed by atoms with E-state index in [0.717, 1.165) is 23.9 Å². The fourth-order valence-corrected chi connectivity index (χ4v) is 2.24. The Morgan fingerprint density at radius 2 is 2.05 bits per heavy atom. The number of unbranched alkanes of at least 4 members (excludes halogenated alkanes) is 4. The lowest BCUT2D eigenvalue weighted by molar-refractivity contribution is -0.116. The van der Waals surface area contributed by atoms with Gasteiger partial charge < -0.3 is 9.88 Å². The number of aromatic nitrogens is 3. The van der Waals surface area contributed by atoms with Gasteiger partial charge in [0.2, 0.25) is 5.91 Å². The molecular weight excluding hydrogens is 252 g/mol. The molecule has 0 aliphatic rings. The standard InChI is InChI=1S/C15H22N4O/c1-3-4-5-6-7-8-13(20)18-15-14-12(9-10-16-15)19(2)11-17-14/h9-11H,3-8H2,1-2H3,(H,16,18,20). The van der Waals surface area contributed by atoms with E-state index in [-0.39, 0.29) is 5.91 Å². The number of carbonyl (C=O) groups excluding carboxylic acids is 1. The van der Waals surface area contributed by atoms with Crippen LogP contribution in [0.15, 0.2) is 18.6 Å². The maximum atomic E-state index is 11.9. The first-order valence-electron chi connectivity index (χ1n) is 7.28. The lowest BCUT2D eigenvalue weighted by Gasteiger charge is -2.05. The maximum absolute atomic E-state index is 11.9. The molecule has 0 saturated carbocycles. The number of aryl methyl sites for hydroxylation is 1. The van der Waals surface area contributed by atoms with Crippen molar-refractivity contribution in [2.24, 2.45) is 7.05 Å². The van der Waals surface area contributed by atoms with Crippen molar-refractivity contribution in [1.29, 1.82) is 0 Å². The molecule has 0 bridgehead atoms. The molecule has 0 fully saturated rings. The lowest BCUT2D eigenvalue weighted by Crippen LogP contribution is -2.12. The minimum absolute atomic E-state index is 0.0205. The van der Waals surface area contributed by atoms with Gasteiger partial charge in [0.25, 0.3) is 0 Å². The summed E-state index contributed by atoms with van der Waals surface area (Å²) >= 11 is 0. The summed E-state index contributed by atoms with van der Waals surface area (Å²) in [7, 11) is 1.93. The molecule has 0 aromatic carbocycles. The molecule has 0 aliphatic carbocycles. The van der Waals surface area contributed by atoms with Crippen LogP contribution < -0.4 is 5.32 Å².